The molecule has 2 heterocycles. The molecule has 0 saturated carbocycles. The highest BCUT2D eigenvalue weighted by Gasteiger charge is 2.25. The van der Waals surface area contributed by atoms with Gasteiger partial charge < -0.3 is 14.8 Å². The van der Waals surface area contributed by atoms with Crippen molar-refractivity contribution in [3.05, 3.63) is 65.0 Å². The van der Waals surface area contributed by atoms with Crippen molar-refractivity contribution in [2.75, 3.05) is 13.1 Å². The minimum Gasteiger partial charge on any atom is -0.460 e. The number of aliphatic imine (C=N–C) groups is 1. The van der Waals surface area contributed by atoms with Crippen molar-refractivity contribution in [3.8, 4) is 5.75 Å². The van der Waals surface area contributed by atoms with Crippen LogP contribution in [0.3, 0.4) is 0 Å². The van der Waals surface area contributed by atoms with E-state index in [9.17, 15) is 4.39 Å². The van der Waals surface area contributed by atoms with E-state index >= 15 is 0 Å². The molecule has 2 aliphatic heterocycles. The summed E-state index contributed by atoms with van der Waals surface area (Å²) in [5.74, 6) is 1.06. The Morgan fingerprint density at radius 2 is 2.12 bits per heavy atom. The number of benzene rings is 2. The maximum atomic E-state index is 13.9. The van der Waals surface area contributed by atoms with Gasteiger partial charge >= 0.3 is 0 Å². The zero-order valence-corrected chi connectivity index (χ0v) is 13.8. The van der Waals surface area contributed by atoms with Crippen molar-refractivity contribution in [2.24, 2.45) is 4.99 Å². The molecule has 0 radical (unpaired) electrons. The number of halogens is 1. The number of fused-ring (bicyclic) bond motifs is 1. The third-order valence-electron chi connectivity index (χ3n) is 3.90. The lowest BCUT2D eigenvalue weighted by Crippen LogP contribution is -2.19. The maximum absolute atomic E-state index is 13.9. The van der Waals surface area contributed by atoms with E-state index in [0.717, 1.165) is 40.7 Å². The van der Waals surface area contributed by atoms with Gasteiger partial charge in [0.1, 0.15) is 11.6 Å². The van der Waals surface area contributed by atoms with Gasteiger partial charge in [0.15, 0.2) is 5.17 Å². The number of nitrogens with one attached hydrogen (secondary N) is 1. The summed E-state index contributed by atoms with van der Waals surface area (Å²) in [5.41, 5.74) is 2.53. The highest BCUT2D eigenvalue weighted by atomic mass is 32.2. The summed E-state index contributed by atoms with van der Waals surface area (Å²) in [4.78, 5) is 4.36. The summed E-state index contributed by atoms with van der Waals surface area (Å²) in [5, 5.41) is 4.11. The van der Waals surface area contributed by atoms with Crippen LogP contribution in [0.2, 0.25) is 0 Å². The topological polar surface area (TPSA) is 42.9 Å². The average molecular weight is 344 g/mol. The van der Waals surface area contributed by atoms with Gasteiger partial charge in [0.2, 0.25) is 6.29 Å². The van der Waals surface area contributed by atoms with Crippen molar-refractivity contribution < 1.29 is 13.9 Å². The van der Waals surface area contributed by atoms with Crippen LogP contribution in [0.15, 0.2) is 47.5 Å². The molecule has 0 saturated heterocycles. The number of rotatable bonds is 3. The SMILES string of the molecule is Fc1cc2c(c(CSC3=NCCN3)c1)O[C@@H](c1ccccc1)OC2. The lowest BCUT2D eigenvalue weighted by molar-refractivity contribution is -0.112. The van der Waals surface area contributed by atoms with E-state index in [4.69, 9.17) is 9.47 Å². The Balaban J connectivity index is 1.58. The highest BCUT2D eigenvalue weighted by molar-refractivity contribution is 8.13. The van der Waals surface area contributed by atoms with Crippen LogP contribution in [-0.4, -0.2) is 18.3 Å². The molecule has 124 valence electrons. The molecule has 1 atom stereocenters. The highest BCUT2D eigenvalue weighted by Crippen LogP contribution is 2.38. The first-order valence-electron chi connectivity index (χ1n) is 7.85. The Labute approximate surface area is 144 Å². The van der Waals surface area contributed by atoms with Gasteiger partial charge in [0, 0.05) is 29.0 Å². The molecule has 1 N–H and O–H groups in total. The van der Waals surface area contributed by atoms with Gasteiger partial charge in [-0.2, -0.15) is 0 Å². The number of nitrogens with zero attached hydrogens (tertiary/aromatic N) is 1. The molecule has 2 aliphatic rings. The lowest BCUT2D eigenvalue weighted by atomic mass is 10.1. The smallest absolute Gasteiger partial charge is 0.227 e. The van der Waals surface area contributed by atoms with Crippen LogP contribution in [0.25, 0.3) is 0 Å². The number of ether oxygens (including phenoxy) is 2. The Morgan fingerprint density at radius 1 is 1.25 bits per heavy atom. The molecule has 0 unspecified atom stereocenters. The van der Waals surface area contributed by atoms with Gasteiger partial charge in [-0.1, -0.05) is 42.1 Å². The van der Waals surface area contributed by atoms with Crippen LogP contribution in [0.5, 0.6) is 5.75 Å². The summed E-state index contributed by atoms with van der Waals surface area (Å²) in [6.45, 7) is 2.00. The first kappa shape index (κ1) is 15.5. The molecule has 0 bridgehead atoms. The van der Waals surface area contributed by atoms with E-state index in [1.165, 1.54) is 12.1 Å². The third kappa shape index (κ3) is 3.25. The van der Waals surface area contributed by atoms with E-state index in [0.29, 0.717) is 12.4 Å². The molecule has 4 rings (SSSR count). The molecular formula is C18H17FN2O2S. The number of hydrogen-bond donors (Lipinski definition) is 1. The van der Waals surface area contributed by atoms with Crippen molar-refractivity contribution in [1.82, 2.24) is 5.32 Å². The molecule has 0 amide bonds. The number of hydrogen-bond acceptors (Lipinski definition) is 5. The molecule has 6 heteroatoms. The predicted octanol–water partition coefficient (Wildman–Crippen LogP) is 3.63. The molecule has 4 nitrogen and oxygen atoms in total. The van der Waals surface area contributed by atoms with Gasteiger partial charge in [-0.25, -0.2) is 4.39 Å². The second-order valence-corrected chi connectivity index (χ2v) is 6.59. The Kier molecular flexibility index (Phi) is 4.40. The summed E-state index contributed by atoms with van der Waals surface area (Å²) in [6, 6.07) is 12.8. The van der Waals surface area contributed by atoms with Crippen LogP contribution < -0.4 is 10.1 Å². The number of thioether (sulfide) groups is 1. The van der Waals surface area contributed by atoms with E-state index < -0.39 is 6.29 Å². The van der Waals surface area contributed by atoms with Gasteiger partial charge in [-0.15, -0.1) is 0 Å². The molecule has 0 aliphatic carbocycles. The van der Waals surface area contributed by atoms with Gasteiger partial charge in [0.05, 0.1) is 13.2 Å². The second kappa shape index (κ2) is 6.83. The summed E-state index contributed by atoms with van der Waals surface area (Å²) >= 11 is 1.57. The molecular weight excluding hydrogens is 327 g/mol. The standard InChI is InChI=1S/C18H17FN2O2S/c19-15-8-13-10-22-17(12-4-2-1-3-5-12)23-16(13)14(9-15)11-24-18-20-6-7-21-18/h1-5,8-9,17H,6-7,10-11H2,(H,20,21)/t17-/m0/s1. The van der Waals surface area contributed by atoms with E-state index in [-0.39, 0.29) is 5.82 Å². The number of amidine groups is 1. The zero-order valence-electron chi connectivity index (χ0n) is 13.0. The van der Waals surface area contributed by atoms with Crippen molar-refractivity contribution in [3.63, 3.8) is 0 Å². The van der Waals surface area contributed by atoms with Crippen LogP contribution in [0.1, 0.15) is 23.0 Å². The van der Waals surface area contributed by atoms with Gasteiger partial charge in [-0.3, -0.25) is 4.99 Å². The lowest BCUT2D eigenvalue weighted by Gasteiger charge is -2.28. The monoisotopic (exact) mass is 344 g/mol. The molecule has 0 aromatic heterocycles. The maximum Gasteiger partial charge on any atom is 0.227 e. The third-order valence-corrected chi connectivity index (χ3v) is 4.90. The molecule has 2 aromatic rings. The van der Waals surface area contributed by atoms with Gasteiger partial charge in [-0.05, 0) is 12.1 Å². The van der Waals surface area contributed by atoms with E-state index in [2.05, 4.69) is 10.3 Å². The fourth-order valence-corrected chi connectivity index (χ4v) is 3.67. The first-order valence-corrected chi connectivity index (χ1v) is 8.84. The van der Waals surface area contributed by atoms with Crippen LogP contribution in [-0.2, 0) is 17.1 Å². The Bertz CT molecular complexity index is 767. The van der Waals surface area contributed by atoms with Crippen LogP contribution >= 0.6 is 11.8 Å². The van der Waals surface area contributed by atoms with Crippen LogP contribution in [0.4, 0.5) is 4.39 Å². The Morgan fingerprint density at radius 3 is 2.92 bits per heavy atom. The molecule has 24 heavy (non-hydrogen) atoms. The minimum atomic E-state index is -0.463. The van der Waals surface area contributed by atoms with Crippen molar-refractivity contribution in [2.45, 2.75) is 18.6 Å². The summed E-state index contributed by atoms with van der Waals surface area (Å²) in [6.07, 6.45) is -0.463. The average Bonchev–Trinajstić information content (AvgIpc) is 3.13. The van der Waals surface area contributed by atoms with E-state index in [1.807, 2.05) is 30.3 Å². The molecule has 0 fully saturated rings. The zero-order chi connectivity index (χ0) is 16.4. The normalized spacial score (nSPS) is 19.2. The molecule has 2 aromatic carbocycles. The fraction of sp³-hybridized carbons (Fsp3) is 0.278. The van der Waals surface area contributed by atoms with Gasteiger partial charge in [0.25, 0.3) is 0 Å². The fourth-order valence-electron chi connectivity index (χ4n) is 2.78. The van der Waals surface area contributed by atoms with E-state index in [1.54, 1.807) is 11.8 Å². The van der Waals surface area contributed by atoms with Crippen molar-refractivity contribution in [1.29, 1.82) is 0 Å². The molecule has 0 spiro atoms. The minimum absolute atomic E-state index is 0.268. The van der Waals surface area contributed by atoms with Crippen molar-refractivity contribution >= 4 is 16.9 Å². The van der Waals surface area contributed by atoms with Crippen LogP contribution in [0, 0.1) is 5.82 Å². The first-order chi connectivity index (χ1) is 11.8. The Hall–Kier alpha value is -2.05. The summed E-state index contributed by atoms with van der Waals surface area (Å²) < 4.78 is 25.7. The quantitative estimate of drug-likeness (QED) is 0.923. The largest absolute Gasteiger partial charge is 0.460 e. The predicted molar refractivity (Wildman–Crippen MR) is 92.6 cm³/mol. The summed E-state index contributed by atoms with van der Waals surface area (Å²) in [7, 11) is 0. The second-order valence-electron chi connectivity index (χ2n) is 5.63.